The molecule has 0 aromatic heterocycles. The van der Waals surface area contributed by atoms with E-state index >= 15 is 0 Å². The summed E-state index contributed by atoms with van der Waals surface area (Å²) in [6.07, 6.45) is 0.447. The van der Waals surface area contributed by atoms with Crippen molar-refractivity contribution in [3.63, 3.8) is 0 Å². The highest BCUT2D eigenvalue weighted by molar-refractivity contribution is 7.90. The highest BCUT2D eigenvalue weighted by Crippen LogP contribution is 2.28. The van der Waals surface area contributed by atoms with Gasteiger partial charge in [-0.15, -0.1) is 0 Å². The first-order valence-corrected chi connectivity index (χ1v) is 17.5. The molecule has 0 saturated carbocycles. The zero-order valence-electron chi connectivity index (χ0n) is 26.7. The second-order valence-corrected chi connectivity index (χ2v) is 14.1. The standard InChI is InChI=1S/C38H29NO10S/c1-50(46,47)17-16-32(38(45)49-22-34(41)28-13-11-24-7-3-5-9-26(24)19-28)39-35(42)30-15-14-29(20-31(30)36(39)43)37(44)48-21-33(40)27-12-10-23-6-2-4-8-25(23)18-27/h2-15,18-20,32H,16-17,21-22H2,1H3/t32-/m0/s1. The number of ether oxygens (including phenoxy) is 2. The molecule has 0 spiro atoms. The summed E-state index contributed by atoms with van der Waals surface area (Å²) in [5, 5.41) is 3.47. The molecule has 0 unspecified atom stereocenters. The molecule has 6 rings (SSSR count). The maximum atomic E-state index is 13.6. The largest absolute Gasteiger partial charge is 0.456 e. The molecule has 50 heavy (non-hydrogen) atoms. The lowest BCUT2D eigenvalue weighted by Crippen LogP contribution is -2.46. The Morgan fingerprint density at radius 1 is 0.620 bits per heavy atom. The third-order valence-corrected chi connectivity index (χ3v) is 9.30. The Kier molecular flexibility index (Phi) is 9.38. The third kappa shape index (κ3) is 7.20. The van der Waals surface area contributed by atoms with Crippen LogP contribution >= 0.6 is 0 Å². The number of carbonyl (C=O) groups is 6. The molecule has 0 aliphatic carbocycles. The average molecular weight is 692 g/mol. The molecule has 5 aromatic rings. The number of benzene rings is 5. The van der Waals surface area contributed by atoms with Gasteiger partial charge in [0, 0.05) is 17.4 Å². The number of hydrogen-bond donors (Lipinski definition) is 0. The van der Waals surface area contributed by atoms with Crippen molar-refractivity contribution in [3.8, 4) is 0 Å². The fraction of sp³-hybridized carbons (Fsp3) is 0.158. The van der Waals surface area contributed by atoms with Gasteiger partial charge in [-0.3, -0.25) is 24.1 Å². The number of hydrogen-bond acceptors (Lipinski definition) is 10. The molecule has 0 bridgehead atoms. The summed E-state index contributed by atoms with van der Waals surface area (Å²) >= 11 is 0. The summed E-state index contributed by atoms with van der Waals surface area (Å²) in [7, 11) is -3.65. The fourth-order valence-corrected chi connectivity index (χ4v) is 6.34. The molecule has 252 valence electrons. The van der Waals surface area contributed by atoms with Crippen LogP contribution in [0.15, 0.2) is 103 Å². The van der Waals surface area contributed by atoms with Gasteiger partial charge in [0.15, 0.2) is 24.8 Å². The Morgan fingerprint density at radius 2 is 1.12 bits per heavy atom. The van der Waals surface area contributed by atoms with Crippen LogP contribution in [0.5, 0.6) is 0 Å². The Hall–Kier alpha value is -6.01. The maximum absolute atomic E-state index is 13.6. The molecule has 0 N–H and O–H groups in total. The van der Waals surface area contributed by atoms with Crippen LogP contribution in [0, 0.1) is 0 Å². The number of imide groups is 1. The van der Waals surface area contributed by atoms with E-state index in [2.05, 4.69) is 0 Å². The highest BCUT2D eigenvalue weighted by Gasteiger charge is 2.44. The van der Waals surface area contributed by atoms with E-state index in [1.165, 1.54) is 12.1 Å². The Morgan fingerprint density at radius 3 is 1.68 bits per heavy atom. The molecule has 5 aromatic carbocycles. The minimum Gasteiger partial charge on any atom is -0.456 e. The van der Waals surface area contributed by atoms with E-state index in [4.69, 9.17) is 9.47 Å². The summed E-state index contributed by atoms with van der Waals surface area (Å²) in [5.41, 5.74) is 0.114. The number of sulfone groups is 1. The van der Waals surface area contributed by atoms with Gasteiger partial charge in [-0.2, -0.15) is 0 Å². The number of amides is 2. The summed E-state index contributed by atoms with van der Waals surface area (Å²) in [5.74, 6) is -5.52. The molecular weight excluding hydrogens is 662 g/mol. The van der Waals surface area contributed by atoms with Gasteiger partial charge in [-0.25, -0.2) is 18.0 Å². The molecule has 1 heterocycles. The predicted molar refractivity (Wildman–Crippen MR) is 183 cm³/mol. The van der Waals surface area contributed by atoms with E-state index in [9.17, 15) is 37.2 Å². The van der Waals surface area contributed by atoms with Crippen LogP contribution in [-0.4, -0.2) is 79.9 Å². The maximum Gasteiger partial charge on any atom is 0.338 e. The fourth-order valence-electron chi connectivity index (χ4n) is 5.69. The van der Waals surface area contributed by atoms with Crippen molar-refractivity contribution < 1.29 is 46.7 Å². The van der Waals surface area contributed by atoms with Crippen molar-refractivity contribution in [1.82, 2.24) is 4.90 Å². The van der Waals surface area contributed by atoms with E-state index in [0.29, 0.717) is 10.5 Å². The number of nitrogens with zero attached hydrogens (tertiary/aromatic N) is 1. The quantitative estimate of drug-likeness (QED) is 0.101. The van der Waals surface area contributed by atoms with E-state index in [1.54, 1.807) is 36.4 Å². The highest BCUT2D eigenvalue weighted by atomic mass is 32.2. The number of fused-ring (bicyclic) bond motifs is 3. The Labute approximate surface area is 286 Å². The SMILES string of the molecule is CS(=O)(=O)CC[C@@H](C(=O)OCC(=O)c1ccc2ccccc2c1)N1C(=O)c2ccc(C(=O)OCC(=O)c3ccc4ccccc4c3)cc2C1=O. The Balaban J connectivity index is 1.15. The number of rotatable bonds is 12. The summed E-state index contributed by atoms with van der Waals surface area (Å²) in [6.45, 7) is -1.30. The van der Waals surface area contributed by atoms with Crippen LogP contribution in [0.4, 0.5) is 0 Å². The summed E-state index contributed by atoms with van der Waals surface area (Å²) in [4.78, 5) is 79.5. The zero-order valence-corrected chi connectivity index (χ0v) is 27.5. The van der Waals surface area contributed by atoms with Crippen LogP contribution in [0.25, 0.3) is 21.5 Å². The number of esters is 2. The van der Waals surface area contributed by atoms with Crippen LogP contribution < -0.4 is 0 Å². The van der Waals surface area contributed by atoms with E-state index < -0.39 is 76.6 Å². The normalized spacial score (nSPS) is 13.3. The minimum absolute atomic E-state index is 0.130. The third-order valence-electron chi connectivity index (χ3n) is 8.32. The summed E-state index contributed by atoms with van der Waals surface area (Å²) in [6, 6.07) is 26.7. The zero-order chi connectivity index (χ0) is 35.6. The van der Waals surface area contributed by atoms with Crippen molar-refractivity contribution in [1.29, 1.82) is 0 Å². The molecule has 11 nitrogen and oxygen atoms in total. The van der Waals surface area contributed by atoms with Gasteiger partial charge in [-0.05, 0) is 58.3 Å². The van der Waals surface area contributed by atoms with E-state index in [0.717, 1.165) is 33.9 Å². The van der Waals surface area contributed by atoms with Gasteiger partial charge in [0.25, 0.3) is 11.8 Å². The molecule has 12 heteroatoms. The first-order chi connectivity index (χ1) is 23.9. The number of carbonyl (C=O) groups excluding carboxylic acids is 6. The lowest BCUT2D eigenvalue weighted by molar-refractivity contribution is -0.147. The molecule has 0 fully saturated rings. The van der Waals surface area contributed by atoms with Gasteiger partial charge in [0.2, 0.25) is 0 Å². The first-order valence-electron chi connectivity index (χ1n) is 15.5. The molecule has 0 saturated heterocycles. The molecular formula is C38H29NO10S. The van der Waals surface area contributed by atoms with Crippen molar-refractivity contribution in [2.24, 2.45) is 0 Å². The minimum atomic E-state index is -3.65. The van der Waals surface area contributed by atoms with Gasteiger partial charge >= 0.3 is 11.9 Å². The van der Waals surface area contributed by atoms with Crippen LogP contribution in [0.3, 0.4) is 0 Å². The molecule has 1 aliphatic heterocycles. The number of ketones is 2. The molecule has 1 aliphatic rings. The van der Waals surface area contributed by atoms with Crippen LogP contribution in [0.2, 0.25) is 0 Å². The van der Waals surface area contributed by atoms with Gasteiger partial charge in [-0.1, -0.05) is 72.8 Å². The van der Waals surface area contributed by atoms with Crippen LogP contribution in [-0.2, 0) is 24.1 Å². The molecule has 0 radical (unpaired) electrons. The van der Waals surface area contributed by atoms with Gasteiger partial charge in [0.05, 0.1) is 22.4 Å². The van der Waals surface area contributed by atoms with Crippen molar-refractivity contribution in [3.05, 3.63) is 131 Å². The lowest BCUT2D eigenvalue weighted by Gasteiger charge is -2.24. The van der Waals surface area contributed by atoms with Crippen LogP contribution in [0.1, 0.15) is 58.2 Å². The Bertz CT molecular complexity index is 2350. The van der Waals surface area contributed by atoms with Gasteiger partial charge in [0.1, 0.15) is 15.9 Å². The topological polar surface area (TPSA) is 158 Å². The van der Waals surface area contributed by atoms with Crippen molar-refractivity contribution in [2.75, 3.05) is 25.2 Å². The monoisotopic (exact) mass is 691 g/mol. The van der Waals surface area contributed by atoms with E-state index in [1.807, 2.05) is 48.5 Å². The smallest absolute Gasteiger partial charge is 0.338 e. The second-order valence-electron chi connectivity index (χ2n) is 11.8. The average Bonchev–Trinajstić information content (AvgIpc) is 3.36. The van der Waals surface area contributed by atoms with Crippen molar-refractivity contribution >= 4 is 66.7 Å². The second kappa shape index (κ2) is 13.8. The predicted octanol–water partition coefficient (Wildman–Crippen LogP) is 4.86. The molecule has 2 amide bonds. The van der Waals surface area contributed by atoms with Gasteiger partial charge < -0.3 is 9.47 Å². The number of Topliss-reactive ketones (excluding diaryl/α,β-unsaturated/α-hetero) is 2. The van der Waals surface area contributed by atoms with E-state index in [-0.39, 0.29) is 22.3 Å². The van der Waals surface area contributed by atoms with Crippen molar-refractivity contribution in [2.45, 2.75) is 12.5 Å². The summed E-state index contributed by atoms with van der Waals surface area (Å²) < 4.78 is 34.5. The first kappa shape index (κ1) is 33.9. The molecule has 1 atom stereocenters. The lowest BCUT2D eigenvalue weighted by atomic mass is 10.0.